The molecule has 0 atom stereocenters. The van der Waals surface area contributed by atoms with Crippen LogP contribution in [0.25, 0.3) is 5.57 Å². The normalized spacial score (nSPS) is 14.1. The number of amides is 1. The lowest BCUT2D eigenvalue weighted by molar-refractivity contribution is 0.0739. The van der Waals surface area contributed by atoms with Gasteiger partial charge in [-0.15, -0.1) is 0 Å². The quantitative estimate of drug-likeness (QED) is 0.716. The molecule has 0 saturated heterocycles. The van der Waals surface area contributed by atoms with Crippen molar-refractivity contribution < 1.29 is 9.21 Å². The average molecular weight is 360 g/mol. The van der Waals surface area contributed by atoms with Crippen molar-refractivity contribution in [3.63, 3.8) is 0 Å². The van der Waals surface area contributed by atoms with Gasteiger partial charge in [-0.3, -0.25) is 9.59 Å². The molecule has 0 radical (unpaired) electrons. The van der Waals surface area contributed by atoms with Crippen molar-refractivity contribution in [1.29, 1.82) is 0 Å². The molecule has 0 bridgehead atoms. The van der Waals surface area contributed by atoms with E-state index in [4.69, 9.17) is 4.42 Å². The predicted molar refractivity (Wildman–Crippen MR) is 103 cm³/mol. The van der Waals surface area contributed by atoms with E-state index in [-0.39, 0.29) is 11.5 Å². The lowest BCUT2D eigenvalue weighted by atomic mass is 9.99. The fourth-order valence-corrected chi connectivity index (χ4v) is 3.26. The molecule has 5 nitrogen and oxygen atoms in total. The number of hydrogen-bond donors (Lipinski definition) is 0. The molecule has 3 heterocycles. The van der Waals surface area contributed by atoms with Crippen LogP contribution in [0.2, 0.25) is 0 Å². The van der Waals surface area contributed by atoms with Crippen LogP contribution in [-0.2, 0) is 6.54 Å². The van der Waals surface area contributed by atoms with Gasteiger partial charge in [0.1, 0.15) is 5.76 Å². The van der Waals surface area contributed by atoms with Gasteiger partial charge in [-0.25, -0.2) is 0 Å². The Kier molecular flexibility index (Phi) is 4.75. The first-order valence-corrected chi connectivity index (χ1v) is 8.98. The van der Waals surface area contributed by atoms with Crippen LogP contribution in [0.15, 0.2) is 82.1 Å². The predicted octanol–water partition coefficient (Wildman–Crippen LogP) is 3.42. The van der Waals surface area contributed by atoms with Gasteiger partial charge in [-0.05, 0) is 35.8 Å². The molecule has 2 aromatic heterocycles. The Bertz CT molecular complexity index is 1030. The van der Waals surface area contributed by atoms with Gasteiger partial charge in [0.25, 0.3) is 11.5 Å². The highest BCUT2D eigenvalue weighted by molar-refractivity contribution is 5.92. The van der Waals surface area contributed by atoms with E-state index in [1.807, 2.05) is 18.2 Å². The van der Waals surface area contributed by atoms with Crippen molar-refractivity contribution in [2.24, 2.45) is 0 Å². The molecule has 0 N–H and O–H groups in total. The minimum atomic E-state index is -0.120. The fourth-order valence-electron chi connectivity index (χ4n) is 3.26. The molecule has 1 aliphatic rings. The molecule has 0 saturated carbocycles. The molecule has 1 aliphatic heterocycles. The lowest BCUT2D eigenvalue weighted by Gasteiger charge is -2.25. The van der Waals surface area contributed by atoms with E-state index >= 15 is 0 Å². The summed E-state index contributed by atoms with van der Waals surface area (Å²) in [4.78, 5) is 26.3. The van der Waals surface area contributed by atoms with Crippen LogP contribution in [0, 0.1) is 0 Å². The summed E-state index contributed by atoms with van der Waals surface area (Å²) in [5.74, 6) is 0.778. The maximum Gasteiger partial charge on any atom is 0.289 e. The minimum absolute atomic E-state index is 0.101. The van der Waals surface area contributed by atoms with Gasteiger partial charge < -0.3 is 13.9 Å². The second-order valence-corrected chi connectivity index (χ2v) is 6.53. The summed E-state index contributed by atoms with van der Waals surface area (Å²) in [6, 6.07) is 18.7. The smallest absolute Gasteiger partial charge is 0.289 e. The fraction of sp³-hybridized carbons (Fsp3) is 0.182. The summed E-state index contributed by atoms with van der Waals surface area (Å²) in [5.41, 5.74) is 2.37. The molecule has 0 aliphatic carbocycles. The van der Waals surface area contributed by atoms with E-state index < -0.39 is 0 Å². The van der Waals surface area contributed by atoms with Crippen LogP contribution in [0.4, 0.5) is 0 Å². The highest BCUT2D eigenvalue weighted by atomic mass is 16.4. The number of pyridine rings is 1. The van der Waals surface area contributed by atoms with E-state index in [1.54, 1.807) is 39.9 Å². The van der Waals surface area contributed by atoms with Gasteiger partial charge >= 0.3 is 0 Å². The molecule has 4 rings (SSSR count). The molecule has 5 heteroatoms. The summed E-state index contributed by atoms with van der Waals surface area (Å²) < 4.78 is 7.24. The Labute approximate surface area is 157 Å². The zero-order valence-corrected chi connectivity index (χ0v) is 14.9. The highest BCUT2D eigenvalue weighted by Crippen LogP contribution is 2.23. The molecule has 3 aromatic rings. The molecule has 0 unspecified atom stereocenters. The number of aromatic nitrogens is 1. The third-order valence-electron chi connectivity index (χ3n) is 4.74. The van der Waals surface area contributed by atoms with E-state index in [0.29, 0.717) is 31.2 Å². The topological polar surface area (TPSA) is 55.5 Å². The van der Waals surface area contributed by atoms with E-state index in [9.17, 15) is 9.59 Å². The van der Waals surface area contributed by atoms with Crippen LogP contribution in [0.1, 0.15) is 28.3 Å². The summed E-state index contributed by atoms with van der Waals surface area (Å²) in [5, 5.41) is 0. The van der Waals surface area contributed by atoms with Crippen LogP contribution >= 0.6 is 0 Å². The van der Waals surface area contributed by atoms with Crippen molar-refractivity contribution in [2.45, 2.75) is 13.0 Å². The number of hydrogen-bond acceptors (Lipinski definition) is 3. The third-order valence-corrected chi connectivity index (χ3v) is 4.74. The van der Waals surface area contributed by atoms with Gasteiger partial charge in [0, 0.05) is 25.4 Å². The number of carbonyl (C=O) groups is 1. The van der Waals surface area contributed by atoms with Crippen molar-refractivity contribution in [1.82, 2.24) is 9.47 Å². The summed E-state index contributed by atoms with van der Waals surface area (Å²) in [6.07, 6.45) is 4.62. The lowest BCUT2D eigenvalue weighted by Crippen LogP contribution is -2.34. The second-order valence-electron chi connectivity index (χ2n) is 6.53. The Hall–Kier alpha value is -3.34. The third kappa shape index (κ3) is 3.77. The molecule has 27 heavy (non-hydrogen) atoms. The first kappa shape index (κ1) is 17.1. The summed E-state index contributed by atoms with van der Waals surface area (Å²) >= 11 is 0. The Morgan fingerprint density at radius 1 is 1.00 bits per heavy atom. The first-order chi connectivity index (χ1) is 13.2. The Morgan fingerprint density at radius 3 is 2.56 bits per heavy atom. The number of furan rings is 1. The van der Waals surface area contributed by atoms with Gasteiger partial charge in [0.2, 0.25) is 0 Å². The maximum absolute atomic E-state index is 12.7. The van der Waals surface area contributed by atoms with Gasteiger partial charge in [0.15, 0.2) is 5.76 Å². The molecule has 0 fully saturated rings. The van der Waals surface area contributed by atoms with E-state index in [1.165, 1.54) is 17.2 Å². The minimum Gasteiger partial charge on any atom is -0.454 e. The number of rotatable bonds is 4. The number of carbonyl (C=O) groups excluding carboxylic acids is 1. The number of benzene rings is 1. The zero-order valence-electron chi connectivity index (χ0n) is 14.9. The first-order valence-electron chi connectivity index (χ1n) is 8.98. The standard InChI is InChI=1S/C22H20N2O3/c25-21-8-4-5-13-24(21)16-19-9-10-20(27-19)22(26)23-14-11-18(12-15-23)17-6-2-1-3-7-17/h1-11,13H,12,14-16H2. The maximum atomic E-state index is 12.7. The molecular formula is C22H20N2O3. The van der Waals surface area contributed by atoms with Gasteiger partial charge in [-0.1, -0.05) is 42.5 Å². The Morgan fingerprint density at radius 2 is 1.81 bits per heavy atom. The SMILES string of the molecule is O=C(c1ccc(Cn2ccccc2=O)o1)N1CC=C(c2ccccc2)CC1. The van der Waals surface area contributed by atoms with E-state index in [2.05, 4.69) is 18.2 Å². The average Bonchev–Trinajstić information content (AvgIpc) is 3.18. The summed E-state index contributed by atoms with van der Waals surface area (Å²) in [6.45, 7) is 1.54. The molecule has 1 amide bonds. The van der Waals surface area contributed by atoms with Crippen molar-refractivity contribution >= 4 is 11.5 Å². The summed E-state index contributed by atoms with van der Waals surface area (Å²) in [7, 11) is 0. The molecule has 1 aromatic carbocycles. The zero-order chi connectivity index (χ0) is 18.6. The number of nitrogens with zero attached hydrogens (tertiary/aromatic N) is 2. The highest BCUT2D eigenvalue weighted by Gasteiger charge is 2.22. The Balaban J connectivity index is 1.44. The monoisotopic (exact) mass is 360 g/mol. The molecule has 0 spiro atoms. The van der Waals surface area contributed by atoms with Crippen LogP contribution in [-0.4, -0.2) is 28.5 Å². The van der Waals surface area contributed by atoms with E-state index in [0.717, 1.165) is 6.42 Å². The van der Waals surface area contributed by atoms with Crippen molar-refractivity contribution in [3.05, 3.63) is 100 Å². The van der Waals surface area contributed by atoms with Crippen molar-refractivity contribution in [2.75, 3.05) is 13.1 Å². The molecular weight excluding hydrogens is 340 g/mol. The largest absolute Gasteiger partial charge is 0.454 e. The van der Waals surface area contributed by atoms with Crippen molar-refractivity contribution in [3.8, 4) is 0 Å². The van der Waals surface area contributed by atoms with Crippen LogP contribution < -0.4 is 5.56 Å². The van der Waals surface area contributed by atoms with Crippen LogP contribution in [0.5, 0.6) is 0 Å². The van der Waals surface area contributed by atoms with Gasteiger partial charge in [0.05, 0.1) is 6.54 Å². The second kappa shape index (κ2) is 7.50. The van der Waals surface area contributed by atoms with Crippen LogP contribution in [0.3, 0.4) is 0 Å². The molecule has 136 valence electrons. The van der Waals surface area contributed by atoms with Gasteiger partial charge in [-0.2, -0.15) is 0 Å².